The zero-order chi connectivity index (χ0) is 18.3. The van der Waals surface area contributed by atoms with Crippen molar-refractivity contribution in [1.82, 2.24) is 9.80 Å². The van der Waals surface area contributed by atoms with Gasteiger partial charge in [0.05, 0.1) is 17.5 Å². The molecular weight excluding hydrogens is 350 g/mol. The number of amides is 1. The van der Waals surface area contributed by atoms with E-state index in [1.807, 2.05) is 30.0 Å². The lowest BCUT2D eigenvalue weighted by molar-refractivity contribution is -0.124. The number of rotatable bonds is 3. The molecule has 6 nitrogen and oxygen atoms in total. The molecule has 0 aliphatic carbocycles. The van der Waals surface area contributed by atoms with Gasteiger partial charge >= 0.3 is 0 Å². The summed E-state index contributed by atoms with van der Waals surface area (Å²) in [6.45, 7) is 6.09. The van der Waals surface area contributed by atoms with Gasteiger partial charge in [-0.2, -0.15) is 0 Å². The largest absolute Gasteiger partial charge is 0.310 e. The minimum Gasteiger partial charge on any atom is -0.310 e. The Morgan fingerprint density at radius 3 is 2.54 bits per heavy atom. The molecule has 3 aliphatic heterocycles. The molecule has 26 heavy (non-hydrogen) atoms. The summed E-state index contributed by atoms with van der Waals surface area (Å²) in [6.07, 6.45) is 1.68. The zero-order valence-corrected chi connectivity index (χ0v) is 16.1. The lowest BCUT2D eigenvalue weighted by atomic mass is 10.1. The van der Waals surface area contributed by atoms with Crippen LogP contribution in [0.25, 0.3) is 0 Å². The van der Waals surface area contributed by atoms with Gasteiger partial charge in [-0.15, -0.1) is 0 Å². The molecule has 0 aromatic heterocycles. The number of hydrogen-bond donors (Lipinski definition) is 0. The number of fused-ring (bicyclic) bond motifs is 1. The maximum absolute atomic E-state index is 13.0. The first kappa shape index (κ1) is 17.9. The third-order valence-electron chi connectivity index (χ3n) is 6.13. The Morgan fingerprint density at radius 2 is 1.85 bits per heavy atom. The highest BCUT2D eigenvalue weighted by Crippen LogP contribution is 2.29. The average Bonchev–Trinajstić information content (AvgIpc) is 3.24. The normalized spacial score (nSPS) is 27.4. The van der Waals surface area contributed by atoms with Crippen molar-refractivity contribution in [2.75, 3.05) is 49.1 Å². The maximum Gasteiger partial charge on any atom is 0.244 e. The summed E-state index contributed by atoms with van der Waals surface area (Å²) in [4.78, 5) is 19.5. The predicted octanol–water partition coefficient (Wildman–Crippen LogP) is 0.769. The lowest BCUT2D eigenvalue weighted by Crippen LogP contribution is -2.56. The van der Waals surface area contributed by atoms with Gasteiger partial charge in [-0.3, -0.25) is 14.6 Å². The highest BCUT2D eigenvalue weighted by molar-refractivity contribution is 7.91. The number of benzene rings is 1. The minimum atomic E-state index is -2.84. The summed E-state index contributed by atoms with van der Waals surface area (Å²) < 4.78 is 23.4. The van der Waals surface area contributed by atoms with E-state index in [1.54, 1.807) is 0 Å². The third-order valence-corrected chi connectivity index (χ3v) is 7.88. The van der Waals surface area contributed by atoms with Gasteiger partial charge in [-0.1, -0.05) is 18.2 Å². The van der Waals surface area contributed by atoms with Crippen LogP contribution in [0.15, 0.2) is 24.3 Å². The molecular formula is C19H27N3O3S. The molecule has 2 fully saturated rings. The van der Waals surface area contributed by atoms with Crippen molar-refractivity contribution in [2.45, 2.75) is 31.8 Å². The van der Waals surface area contributed by atoms with E-state index in [-0.39, 0.29) is 18.0 Å². The molecule has 3 aliphatic rings. The van der Waals surface area contributed by atoms with E-state index < -0.39 is 9.84 Å². The van der Waals surface area contributed by atoms with Gasteiger partial charge in [-0.25, -0.2) is 8.42 Å². The summed E-state index contributed by atoms with van der Waals surface area (Å²) in [5, 5.41) is 0. The third kappa shape index (κ3) is 3.40. The fourth-order valence-corrected chi connectivity index (χ4v) is 6.26. The van der Waals surface area contributed by atoms with Crippen LogP contribution in [0.5, 0.6) is 0 Å². The van der Waals surface area contributed by atoms with E-state index in [9.17, 15) is 13.2 Å². The van der Waals surface area contributed by atoms with E-state index >= 15 is 0 Å². The highest BCUT2D eigenvalue weighted by atomic mass is 32.2. The van der Waals surface area contributed by atoms with Crippen LogP contribution in [0.4, 0.5) is 5.69 Å². The number of para-hydroxylation sites is 1. The summed E-state index contributed by atoms with van der Waals surface area (Å²) in [5.74, 6) is 0.791. The molecule has 1 aromatic carbocycles. The molecule has 1 amide bonds. The number of carbonyl (C=O) groups excluding carboxylic acids is 1. The molecule has 2 atom stereocenters. The van der Waals surface area contributed by atoms with Gasteiger partial charge in [0.1, 0.15) is 0 Å². The van der Waals surface area contributed by atoms with Gasteiger partial charge in [0.15, 0.2) is 9.84 Å². The summed E-state index contributed by atoms with van der Waals surface area (Å²) in [6, 6.07) is 8.17. The van der Waals surface area contributed by atoms with E-state index in [2.05, 4.69) is 15.9 Å². The van der Waals surface area contributed by atoms with Crippen LogP contribution < -0.4 is 4.90 Å². The fourth-order valence-electron chi connectivity index (χ4n) is 4.50. The Hall–Kier alpha value is -1.44. The van der Waals surface area contributed by atoms with Crippen LogP contribution in [0.2, 0.25) is 0 Å². The Kier molecular flexibility index (Phi) is 4.79. The monoisotopic (exact) mass is 377 g/mol. The number of hydrogen-bond acceptors (Lipinski definition) is 5. The predicted molar refractivity (Wildman–Crippen MR) is 102 cm³/mol. The van der Waals surface area contributed by atoms with Gasteiger partial charge in [0.2, 0.25) is 5.91 Å². The Morgan fingerprint density at radius 1 is 1.12 bits per heavy atom. The first-order valence-corrected chi connectivity index (χ1v) is 11.3. The second-order valence-electron chi connectivity index (χ2n) is 7.67. The zero-order valence-electron chi connectivity index (χ0n) is 15.3. The average molecular weight is 378 g/mol. The summed E-state index contributed by atoms with van der Waals surface area (Å²) >= 11 is 0. The first-order valence-electron chi connectivity index (χ1n) is 9.52. The fraction of sp³-hybridized carbons (Fsp3) is 0.632. The Bertz CT molecular complexity index is 787. The van der Waals surface area contributed by atoms with E-state index in [0.717, 1.165) is 51.3 Å². The standard InChI is InChI=1S/C19H27N3O3S/c1-15(19(23)22-8-6-16-4-2-3-5-18(16)22)20-9-11-21(12-10-20)17-7-13-26(24,25)14-17/h2-5,15,17H,6-14H2,1H3/t15-,17-/m1/s1. The molecule has 2 saturated heterocycles. The molecule has 1 aromatic rings. The molecule has 0 N–H and O–H groups in total. The molecule has 0 radical (unpaired) electrons. The van der Waals surface area contributed by atoms with Gasteiger partial charge in [-0.05, 0) is 31.4 Å². The van der Waals surface area contributed by atoms with Crippen LogP contribution >= 0.6 is 0 Å². The summed E-state index contributed by atoms with van der Waals surface area (Å²) in [7, 11) is -2.84. The highest BCUT2D eigenvalue weighted by Gasteiger charge is 2.36. The first-order chi connectivity index (χ1) is 12.4. The molecule has 0 bridgehead atoms. The van der Waals surface area contributed by atoms with Crippen molar-refractivity contribution in [3.63, 3.8) is 0 Å². The van der Waals surface area contributed by atoms with Gasteiger partial charge in [0, 0.05) is 44.5 Å². The molecule has 0 unspecified atom stereocenters. The molecule has 3 heterocycles. The van der Waals surface area contributed by atoms with Crippen molar-refractivity contribution >= 4 is 21.4 Å². The van der Waals surface area contributed by atoms with E-state index in [1.165, 1.54) is 5.56 Å². The number of anilines is 1. The quantitative estimate of drug-likeness (QED) is 0.779. The van der Waals surface area contributed by atoms with Crippen LogP contribution in [-0.4, -0.2) is 80.4 Å². The van der Waals surface area contributed by atoms with Crippen molar-refractivity contribution < 1.29 is 13.2 Å². The second kappa shape index (κ2) is 6.94. The van der Waals surface area contributed by atoms with Crippen LogP contribution in [0.3, 0.4) is 0 Å². The molecule has 0 spiro atoms. The van der Waals surface area contributed by atoms with E-state index in [4.69, 9.17) is 0 Å². The molecule has 4 rings (SSSR count). The number of piperazine rings is 1. The number of carbonyl (C=O) groups is 1. The topological polar surface area (TPSA) is 60.9 Å². The van der Waals surface area contributed by atoms with E-state index in [0.29, 0.717) is 11.5 Å². The number of nitrogens with zero attached hydrogens (tertiary/aromatic N) is 3. The molecule has 0 saturated carbocycles. The molecule has 7 heteroatoms. The maximum atomic E-state index is 13.0. The number of sulfone groups is 1. The van der Waals surface area contributed by atoms with Gasteiger partial charge < -0.3 is 4.90 Å². The Balaban J connectivity index is 1.35. The Labute approximate surface area is 155 Å². The van der Waals surface area contributed by atoms with Crippen molar-refractivity contribution in [3.8, 4) is 0 Å². The van der Waals surface area contributed by atoms with Crippen LogP contribution in [0.1, 0.15) is 18.9 Å². The SMILES string of the molecule is C[C@H](C(=O)N1CCc2ccccc21)N1CCN([C@@H]2CCS(=O)(=O)C2)CC1. The minimum absolute atomic E-state index is 0.143. The van der Waals surface area contributed by atoms with Crippen LogP contribution in [0, 0.1) is 0 Å². The van der Waals surface area contributed by atoms with Crippen LogP contribution in [-0.2, 0) is 21.1 Å². The van der Waals surface area contributed by atoms with Crippen molar-refractivity contribution in [2.24, 2.45) is 0 Å². The van der Waals surface area contributed by atoms with Crippen molar-refractivity contribution in [1.29, 1.82) is 0 Å². The van der Waals surface area contributed by atoms with Gasteiger partial charge in [0.25, 0.3) is 0 Å². The lowest BCUT2D eigenvalue weighted by Gasteiger charge is -2.40. The second-order valence-corrected chi connectivity index (χ2v) is 9.90. The van der Waals surface area contributed by atoms with Crippen molar-refractivity contribution in [3.05, 3.63) is 29.8 Å². The smallest absolute Gasteiger partial charge is 0.244 e. The molecule has 142 valence electrons. The summed E-state index contributed by atoms with van der Waals surface area (Å²) in [5.41, 5.74) is 2.31.